The number of hydrogen-bond donors (Lipinski definition) is 3. The lowest BCUT2D eigenvalue weighted by Crippen LogP contribution is -2.53. The van der Waals surface area contributed by atoms with Gasteiger partial charge in [-0.15, -0.1) is 11.8 Å². The Hall–Kier alpha value is -1.68. The summed E-state index contributed by atoms with van der Waals surface area (Å²) in [5, 5.41) is 31.8. The minimum Gasteiger partial charge on any atom is -0.494 e. The molecule has 3 N–H and O–H groups in total. The van der Waals surface area contributed by atoms with Crippen LogP contribution in [0.15, 0.2) is 30.3 Å². The van der Waals surface area contributed by atoms with Crippen molar-refractivity contribution in [2.75, 3.05) is 26.1 Å². The van der Waals surface area contributed by atoms with Crippen LogP contribution in [0.4, 0.5) is 0 Å². The molecule has 0 aliphatic carbocycles. The monoisotopic (exact) mass is 482 g/mol. The standard InChI is InChI=1S/C23H27ClO7S/c1-3-28-14-6-4-12(5-7-14)10-13-11-15(21-22(16(13)24)30-9-8-29-21)20-18(26)17(25)19(27)23(31-20)32-2/h4-7,11,17-20,23,25-27H,3,8-10H2,1-2H3/t17-,18-,19+,20+,23-/m1/s1. The number of benzene rings is 2. The van der Waals surface area contributed by atoms with Crippen LogP contribution in [0.1, 0.15) is 29.7 Å². The van der Waals surface area contributed by atoms with E-state index in [0.29, 0.717) is 48.3 Å². The molecule has 5 atom stereocenters. The van der Waals surface area contributed by atoms with Gasteiger partial charge in [0.05, 0.1) is 11.6 Å². The van der Waals surface area contributed by atoms with Crippen LogP contribution in [0, 0.1) is 0 Å². The summed E-state index contributed by atoms with van der Waals surface area (Å²) < 4.78 is 23.2. The van der Waals surface area contributed by atoms with Crippen molar-refractivity contribution in [3.63, 3.8) is 0 Å². The predicted octanol–water partition coefficient (Wildman–Crippen LogP) is 2.94. The van der Waals surface area contributed by atoms with E-state index in [4.69, 9.17) is 30.5 Å². The third-order valence-corrected chi connectivity index (χ3v) is 6.86. The molecule has 0 unspecified atom stereocenters. The number of hydrogen-bond acceptors (Lipinski definition) is 8. The van der Waals surface area contributed by atoms with E-state index in [9.17, 15) is 15.3 Å². The molecule has 0 bridgehead atoms. The summed E-state index contributed by atoms with van der Waals surface area (Å²) >= 11 is 7.94. The van der Waals surface area contributed by atoms with Gasteiger partial charge in [0.25, 0.3) is 0 Å². The highest BCUT2D eigenvalue weighted by Gasteiger charge is 2.45. The number of rotatable bonds is 6. The molecular weight excluding hydrogens is 456 g/mol. The van der Waals surface area contributed by atoms with E-state index in [1.807, 2.05) is 37.3 Å². The Morgan fingerprint density at radius 1 is 1.03 bits per heavy atom. The van der Waals surface area contributed by atoms with Crippen LogP contribution in [0.25, 0.3) is 0 Å². The average molecular weight is 483 g/mol. The summed E-state index contributed by atoms with van der Waals surface area (Å²) in [6.07, 6.45) is -2.56. The van der Waals surface area contributed by atoms with E-state index in [-0.39, 0.29) is 0 Å². The van der Waals surface area contributed by atoms with E-state index >= 15 is 0 Å². The Kier molecular flexibility index (Phi) is 7.39. The second kappa shape index (κ2) is 10.1. The normalized spacial score (nSPS) is 27.2. The first kappa shape index (κ1) is 23.5. The van der Waals surface area contributed by atoms with Crippen molar-refractivity contribution in [1.29, 1.82) is 0 Å². The maximum Gasteiger partial charge on any atom is 0.180 e. The van der Waals surface area contributed by atoms with Gasteiger partial charge in [0, 0.05) is 5.56 Å². The summed E-state index contributed by atoms with van der Waals surface area (Å²) in [5.41, 5.74) is 1.61. The van der Waals surface area contributed by atoms with Gasteiger partial charge in [-0.2, -0.15) is 0 Å². The Bertz CT molecular complexity index is 937. The SMILES string of the molecule is CCOc1ccc(Cc2cc([C@@H]3O[C@H](SC)[C@@H](O)[C@H](O)[C@H]3O)c3c(c2Cl)OCCO3)cc1. The fourth-order valence-corrected chi connectivity index (χ4v) is 4.92. The van der Waals surface area contributed by atoms with E-state index in [1.165, 1.54) is 11.8 Å². The third-order valence-electron chi connectivity index (χ3n) is 5.59. The number of thioether (sulfide) groups is 1. The Morgan fingerprint density at radius 3 is 2.38 bits per heavy atom. The van der Waals surface area contributed by atoms with Crippen molar-refractivity contribution < 1.29 is 34.3 Å². The fraction of sp³-hybridized carbons (Fsp3) is 0.478. The third kappa shape index (κ3) is 4.53. The molecule has 0 amide bonds. The van der Waals surface area contributed by atoms with Gasteiger partial charge in [0.2, 0.25) is 0 Å². The molecule has 2 aliphatic heterocycles. The van der Waals surface area contributed by atoms with E-state index in [0.717, 1.165) is 16.9 Å². The van der Waals surface area contributed by atoms with E-state index in [2.05, 4.69) is 0 Å². The number of halogens is 1. The first-order valence-electron chi connectivity index (χ1n) is 10.5. The molecule has 2 aliphatic rings. The first-order valence-corrected chi connectivity index (χ1v) is 12.2. The van der Waals surface area contributed by atoms with E-state index in [1.54, 1.807) is 6.26 Å². The maximum atomic E-state index is 10.7. The number of aliphatic hydroxyl groups excluding tert-OH is 3. The summed E-state index contributed by atoms with van der Waals surface area (Å²) in [4.78, 5) is 0. The average Bonchev–Trinajstić information content (AvgIpc) is 2.81. The van der Waals surface area contributed by atoms with Crippen LogP contribution in [-0.2, 0) is 11.2 Å². The van der Waals surface area contributed by atoms with Gasteiger partial charge in [0.1, 0.15) is 48.8 Å². The summed E-state index contributed by atoms with van der Waals surface area (Å²) in [5.74, 6) is 1.58. The molecule has 174 valence electrons. The van der Waals surface area contributed by atoms with Crippen LogP contribution in [0.3, 0.4) is 0 Å². The molecule has 0 radical (unpaired) electrons. The molecule has 4 rings (SSSR count). The van der Waals surface area contributed by atoms with E-state index < -0.39 is 29.9 Å². The van der Waals surface area contributed by atoms with Crippen molar-refractivity contribution in [1.82, 2.24) is 0 Å². The van der Waals surface area contributed by atoms with Gasteiger partial charge >= 0.3 is 0 Å². The highest BCUT2D eigenvalue weighted by Crippen LogP contribution is 2.48. The van der Waals surface area contributed by atoms with Crippen molar-refractivity contribution >= 4 is 23.4 Å². The molecular formula is C23H27ClO7S. The summed E-state index contributed by atoms with van der Waals surface area (Å²) in [6, 6.07) is 9.56. The van der Waals surface area contributed by atoms with Crippen molar-refractivity contribution in [3.05, 3.63) is 52.0 Å². The molecule has 7 nitrogen and oxygen atoms in total. The van der Waals surface area contributed by atoms with Gasteiger partial charge in [-0.05, 0) is 48.9 Å². The second-order valence-corrected chi connectivity index (χ2v) is 8.99. The van der Waals surface area contributed by atoms with Gasteiger partial charge in [-0.1, -0.05) is 23.7 Å². The number of ether oxygens (including phenoxy) is 4. The van der Waals surface area contributed by atoms with Gasteiger partial charge in [-0.25, -0.2) is 0 Å². The minimum absolute atomic E-state index is 0.328. The predicted molar refractivity (Wildman–Crippen MR) is 122 cm³/mol. The Balaban J connectivity index is 1.72. The van der Waals surface area contributed by atoms with Crippen LogP contribution in [0.5, 0.6) is 17.2 Å². The van der Waals surface area contributed by atoms with Crippen molar-refractivity contribution in [2.45, 2.75) is 43.2 Å². The molecule has 1 fully saturated rings. The summed E-state index contributed by atoms with van der Waals surface area (Å²) in [7, 11) is 0. The second-order valence-electron chi connectivity index (χ2n) is 7.68. The molecule has 0 spiro atoms. The number of aliphatic hydroxyl groups is 3. The van der Waals surface area contributed by atoms with Crippen LogP contribution >= 0.6 is 23.4 Å². The topological polar surface area (TPSA) is 97.6 Å². The molecule has 2 heterocycles. The lowest BCUT2D eigenvalue weighted by Gasteiger charge is -2.41. The molecule has 2 aromatic carbocycles. The quantitative estimate of drug-likeness (QED) is 0.578. The molecule has 9 heteroatoms. The smallest absolute Gasteiger partial charge is 0.180 e. The highest BCUT2D eigenvalue weighted by atomic mass is 35.5. The number of fused-ring (bicyclic) bond motifs is 1. The summed E-state index contributed by atoms with van der Waals surface area (Å²) in [6.45, 7) is 3.21. The maximum absolute atomic E-state index is 10.7. The molecule has 0 aromatic heterocycles. The van der Waals surface area contributed by atoms with Crippen molar-refractivity contribution in [3.8, 4) is 17.2 Å². The van der Waals surface area contributed by atoms with Gasteiger partial charge < -0.3 is 34.3 Å². The Morgan fingerprint density at radius 2 is 1.72 bits per heavy atom. The van der Waals surface area contributed by atoms with Gasteiger partial charge in [0.15, 0.2) is 11.5 Å². The molecule has 32 heavy (non-hydrogen) atoms. The molecule has 2 aromatic rings. The zero-order chi connectivity index (χ0) is 22.8. The largest absolute Gasteiger partial charge is 0.494 e. The lowest BCUT2D eigenvalue weighted by molar-refractivity contribution is -0.200. The fourth-order valence-electron chi connectivity index (χ4n) is 3.99. The van der Waals surface area contributed by atoms with Crippen LogP contribution in [0.2, 0.25) is 5.02 Å². The zero-order valence-corrected chi connectivity index (χ0v) is 19.4. The molecule has 0 saturated carbocycles. The minimum atomic E-state index is -1.36. The van der Waals surface area contributed by atoms with Crippen LogP contribution < -0.4 is 14.2 Å². The van der Waals surface area contributed by atoms with Gasteiger partial charge in [-0.3, -0.25) is 0 Å². The zero-order valence-electron chi connectivity index (χ0n) is 17.9. The van der Waals surface area contributed by atoms with Crippen LogP contribution in [-0.4, -0.2) is 65.1 Å². The lowest BCUT2D eigenvalue weighted by atomic mass is 9.91. The first-order chi connectivity index (χ1) is 15.4. The molecule has 1 saturated heterocycles. The highest BCUT2D eigenvalue weighted by molar-refractivity contribution is 7.99. The van der Waals surface area contributed by atoms with Crippen molar-refractivity contribution in [2.24, 2.45) is 0 Å². The Labute approximate surface area is 196 Å².